The van der Waals surface area contributed by atoms with E-state index in [9.17, 15) is 5.11 Å². The maximum absolute atomic E-state index is 10.8. The maximum atomic E-state index is 10.8. The number of hydrogen-bond donors (Lipinski definition) is 1. The minimum atomic E-state index is 0.206. The van der Waals surface area contributed by atoms with Crippen molar-refractivity contribution in [3.05, 3.63) is 120 Å². The van der Waals surface area contributed by atoms with Crippen LogP contribution in [0.1, 0.15) is 11.1 Å². The molecule has 0 radical (unpaired) electrons. The summed E-state index contributed by atoms with van der Waals surface area (Å²) >= 11 is 0. The number of imidazole rings is 1. The van der Waals surface area contributed by atoms with Crippen LogP contribution in [0.2, 0.25) is 0 Å². The molecular weight excluding hydrogens is 442 g/mol. The number of aryl methyl sites for hydroxylation is 2. The molecule has 0 saturated carbocycles. The van der Waals surface area contributed by atoms with Gasteiger partial charge in [-0.2, -0.15) is 0 Å². The van der Waals surface area contributed by atoms with Crippen LogP contribution in [0.5, 0.6) is 5.75 Å². The van der Waals surface area contributed by atoms with Gasteiger partial charge in [-0.15, -0.1) is 0 Å². The quantitative estimate of drug-likeness (QED) is 0.288. The van der Waals surface area contributed by atoms with Gasteiger partial charge in [0, 0.05) is 23.0 Å². The SMILES string of the molecule is Cc1cc(C)cc(-n2c(-c3ccccc3O)nc3c(-c4cccc(-c5ccccn5)c4)cccc32)c1. The smallest absolute Gasteiger partial charge is 0.149 e. The second-order valence-corrected chi connectivity index (χ2v) is 9.10. The summed E-state index contributed by atoms with van der Waals surface area (Å²) in [5.74, 6) is 0.915. The Morgan fingerprint density at radius 1 is 0.667 bits per heavy atom. The number of phenolic OH excluding ortho intramolecular Hbond substituents is 1. The van der Waals surface area contributed by atoms with Crippen molar-refractivity contribution in [2.75, 3.05) is 0 Å². The molecule has 0 fully saturated rings. The average Bonchev–Trinajstić information content (AvgIpc) is 3.28. The van der Waals surface area contributed by atoms with Gasteiger partial charge in [-0.05, 0) is 79.1 Å². The molecule has 0 saturated heterocycles. The van der Waals surface area contributed by atoms with Gasteiger partial charge in [-0.3, -0.25) is 9.55 Å². The van der Waals surface area contributed by atoms with Crippen molar-refractivity contribution in [2.24, 2.45) is 0 Å². The summed E-state index contributed by atoms with van der Waals surface area (Å²) in [6.45, 7) is 4.20. The molecule has 6 aromatic rings. The van der Waals surface area contributed by atoms with Crippen LogP contribution < -0.4 is 0 Å². The first-order chi connectivity index (χ1) is 17.6. The number of aromatic hydroxyl groups is 1. The molecule has 174 valence electrons. The predicted molar refractivity (Wildman–Crippen MR) is 146 cm³/mol. The number of nitrogens with zero attached hydrogens (tertiary/aromatic N) is 3. The summed E-state index contributed by atoms with van der Waals surface area (Å²) in [6, 6.07) is 34.5. The monoisotopic (exact) mass is 467 g/mol. The van der Waals surface area contributed by atoms with Gasteiger partial charge in [0.2, 0.25) is 0 Å². The number of para-hydroxylation sites is 2. The van der Waals surface area contributed by atoms with Gasteiger partial charge in [-0.25, -0.2) is 4.98 Å². The molecule has 1 N–H and O–H groups in total. The molecule has 0 bridgehead atoms. The Morgan fingerprint density at radius 2 is 1.39 bits per heavy atom. The minimum absolute atomic E-state index is 0.206. The van der Waals surface area contributed by atoms with Gasteiger partial charge in [0.25, 0.3) is 0 Å². The molecular formula is C32H25N3O. The summed E-state index contributed by atoms with van der Waals surface area (Å²) in [5.41, 5.74) is 10.0. The number of aromatic nitrogens is 3. The summed E-state index contributed by atoms with van der Waals surface area (Å²) in [6.07, 6.45) is 1.81. The number of benzene rings is 4. The zero-order valence-corrected chi connectivity index (χ0v) is 20.2. The minimum Gasteiger partial charge on any atom is -0.507 e. The number of phenols is 1. The van der Waals surface area contributed by atoms with E-state index in [-0.39, 0.29) is 5.75 Å². The summed E-state index contributed by atoms with van der Waals surface area (Å²) in [4.78, 5) is 9.67. The van der Waals surface area contributed by atoms with Gasteiger partial charge in [-0.1, -0.05) is 54.6 Å². The van der Waals surface area contributed by atoms with Crippen molar-refractivity contribution in [1.82, 2.24) is 14.5 Å². The lowest BCUT2D eigenvalue weighted by atomic mass is 10.0. The summed E-state index contributed by atoms with van der Waals surface area (Å²) in [5, 5.41) is 10.8. The van der Waals surface area contributed by atoms with Crippen LogP contribution in [0.25, 0.3) is 50.5 Å². The fourth-order valence-electron chi connectivity index (χ4n) is 4.90. The Balaban J connectivity index is 1.63. The second kappa shape index (κ2) is 8.82. The standard InChI is InChI=1S/C32H25N3O/c1-21-17-22(2)19-25(18-21)35-29-14-8-12-26(31(29)34-32(35)27-11-3-4-15-30(27)36)23-9-7-10-24(20-23)28-13-5-6-16-33-28/h3-20,36H,1-2H3. The van der Waals surface area contributed by atoms with Crippen molar-refractivity contribution in [3.63, 3.8) is 0 Å². The summed E-state index contributed by atoms with van der Waals surface area (Å²) in [7, 11) is 0. The lowest BCUT2D eigenvalue weighted by Gasteiger charge is -2.12. The first-order valence-corrected chi connectivity index (χ1v) is 12.0. The van der Waals surface area contributed by atoms with Gasteiger partial charge in [0.1, 0.15) is 11.6 Å². The topological polar surface area (TPSA) is 50.9 Å². The molecule has 0 unspecified atom stereocenters. The van der Waals surface area contributed by atoms with E-state index >= 15 is 0 Å². The van der Waals surface area contributed by atoms with Crippen LogP contribution in [0.4, 0.5) is 0 Å². The Hall–Kier alpha value is -4.70. The Morgan fingerprint density at radius 3 is 2.17 bits per heavy atom. The highest BCUT2D eigenvalue weighted by atomic mass is 16.3. The van der Waals surface area contributed by atoms with E-state index in [1.54, 1.807) is 6.07 Å². The zero-order valence-electron chi connectivity index (χ0n) is 20.2. The van der Waals surface area contributed by atoms with Crippen LogP contribution in [-0.2, 0) is 0 Å². The van der Waals surface area contributed by atoms with Crippen LogP contribution >= 0.6 is 0 Å². The largest absolute Gasteiger partial charge is 0.507 e. The van der Waals surface area contributed by atoms with E-state index in [2.05, 4.69) is 84.1 Å². The van der Waals surface area contributed by atoms with E-state index in [1.165, 1.54) is 11.1 Å². The van der Waals surface area contributed by atoms with Crippen molar-refractivity contribution < 1.29 is 5.11 Å². The zero-order chi connectivity index (χ0) is 24.6. The predicted octanol–water partition coefficient (Wildman–Crippen LogP) is 7.74. The fourth-order valence-corrected chi connectivity index (χ4v) is 4.90. The molecule has 4 heteroatoms. The molecule has 2 aromatic heterocycles. The van der Waals surface area contributed by atoms with E-state index in [1.807, 2.05) is 42.6 Å². The normalized spacial score (nSPS) is 11.2. The molecule has 2 heterocycles. The molecule has 0 aliphatic rings. The Kier molecular flexibility index (Phi) is 5.34. The van der Waals surface area contributed by atoms with Gasteiger partial charge in [0.05, 0.1) is 22.3 Å². The molecule has 0 atom stereocenters. The van der Waals surface area contributed by atoms with E-state index in [0.29, 0.717) is 11.4 Å². The second-order valence-electron chi connectivity index (χ2n) is 9.10. The molecule has 6 rings (SSSR count). The maximum Gasteiger partial charge on any atom is 0.149 e. The molecule has 0 aliphatic heterocycles. The fraction of sp³-hybridized carbons (Fsp3) is 0.0625. The van der Waals surface area contributed by atoms with Crippen LogP contribution in [0, 0.1) is 13.8 Å². The molecule has 0 aliphatic carbocycles. The highest BCUT2D eigenvalue weighted by Crippen LogP contribution is 2.38. The third-order valence-corrected chi connectivity index (χ3v) is 6.43. The van der Waals surface area contributed by atoms with Crippen LogP contribution in [0.3, 0.4) is 0 Å². The lowest BCUT2D eigenvalue weighted by molar-refractivity contribution is 0.477. The van der Waals surface area contributed by atoms with Crippen molar-refractivity contribution in [2.45, 2.75) is 13.8 Å². The number of hydrogen-bond acceptors (Lipinski definition) is 3. The van der Waals surface area contributed by atoms with Gasteiger partial charge >= 0.3 is 0 Å². The summed E-state index contributed by atoms with van der Waals surface area (Å²) < 4.78 is 2.15. The van der Waals surface area contributed by atoms with Crippen molar-refractivity contribution in [3.8, 4) is 45.2 Å². The number of rotatable bonds is 4. The molecule has 0 spiro atoms. The van der Waals surface area contributed by atoms with Gasteiger partial charge < -0.3 is 5.11 Å². The Labute approximate surface area is 210 Å². The third-order valence-electron chi connectivity index (χ3n) is 6.43. The first-order valence-electron chi connectivity index (χ1n) is 12.0. The highest BCUT2D eigenvalue weighted by molar-refractivity contribution is 5.96. The lowest BCUT2D eigenvalue weighted by Crippen LogP contribution is -1.99. The first kappa shape index (κ1) is 21.8. The van der Waals surface area contributed by atoms with Crippen molar-refractivity contribution >= 4 is 11.0 Å². The van der Waals surface area contributed by atoms with Crippen molar-refractivity contribution in [1.29, 1.82) is 0 Å². The molecule has 4 nitrogen and oxygen atoms in total. The van der Waals surface area contributed by atoms with Gasteiger partial charge in [0.15, 0.2) is 0 Å². The van der Waals surface area contributed by atoms with E-state index in [0.717, 1.165) is 39.1 Å². The molecule has 4 aromatic carbocycles. The number of fused-ring (bicyclic) bond motifs is 1. The van der Waals surface area contributed by atoms with Crippen LogP contribution in [-0.4, -0.2) is 19.6 Å². The Bertz CT molecular complexity index is 1700. The van der Waals surface area contributed by atoms with E-state index in [4.69, 9.17) is 4.98 Å². The number of pyridine rings is 1. The van der Waals surface area contributed by atoms with E-state index < -0.39 is 0 Å². The third kappa shape index (κ3) is 3.83. The molecule has 36 heavy (non-hydrogen) atoms. The van der Waals surface area contributed by atoms with Crippen LogP contribution in [0.15, 0.2) is 109 Å². The highest BCUT2D eigenvalue weighted by Gasteiger charge is 2.20. The molecule has 0 amide bonds. The average molecular weight is 468 g/mol.